The van der Waals surface area contributed by atoms with Crippen LogP contribution in [-0.4, -0.2) is 53.3 Å². The number of carbonyl (C=O) groups is 2. The molecule has 1 amide bonds. The van der Waals surface area contributed by atoms with Gasteiger partial charge in [0.25, 0.3) is 11.5 Å². The molecule has 0 bridgehead atoms. The lowest BCUT2D eigenvalue weighted by Gasteiger charge is -2.36. The van der Waals surface area contributed by atoms with Gasteiger partial charge >= 0.3 is 5.97 Å². The zero-order valence-electron chi connectivity index (χ0n) is 21.1. The highest BCUT2D eigenvalue weighted by Crippen LogP contribution is 2.34. The number of pyridine rings is 2. The summed E-state index contributed by atoms with van der Waals surface area (Å²) in [6, 6.07) is 10.5. The van der Waals surface area contributed by atoms with Gasteiger partial charge in [0.2, 0.25) is 0 Å². The molecule has 198 valence electrons. The van der Waals surface area contributed by atoms with Crippen molar-refractivity contribution in [3.63, 3.8) is 0 Å². The van der Waals surface area contributed by atoms with Crippen molar-refractivity contribution in [2.24, 2.45) is 18.9 Å². The lowest BCUT2D eigenvalue weighted by atomic mass is 9.90. The minimum atomic E-state index is -0.878. The van der Waals surface area contributed by atoms with Crippen molar-refractivity contribution in [1.29, 1.82) is 5.26 Å². The number of carboxylic acids is 1. The number of rotatable bonds is 7. The van der Waals surface area contributed by atoms with E-state index in [9.17, 15) is 24.8 Å². The van der Waals surface area contributed by atoms with Gasteiger partial charge in [-0.3, -0.25) is 14.4 Å². The van der Waals surface area contributed by atoms with E-state index >= 15 is 0 Å². The number of ether oxygens (including phenoxy) is 1. The molecule has 1 aliphatic heterocycles. The Kier molecular flexibility index (Phi) is 7.73. The first kappa shape index (κ1) is 26.8. The zero-order chi connectivity index (χ0) is 27.6. The minimum Gasteiger partial charge on any atom is -0.481 e. The Morgan fingerprint density at radius 1 is 1.29 bits per heavy atom. The van der Waals surface area contributed by atoms with Crippen molar-refractivity contribution in [3.8, 4) is 11.8 Å². The predicted octanol–water partition coefficient (Wildman–Crippen LogP) is 2.87. The summed E-state index contributed by atoms with van der Waals surface area (Å²) in [6.07, 6.45) is 0.556. The Balaban J connectivity index is 1.68. The highest BCUT2D eigenvalue weighted by molar-refractivity contribution is 6.33. The number of aliphatic carboxylic acids is 1. The van der Waals surface area contributed by atoms with Crippen LogP contribution < -0.4 is 25.8 Å². The van der Waals surface area contributed by atoms with Gasteiger partial charge in [0.15, 0.2) is 18.2 Å². The van der Waals surface area contributed by atoms with Crippen LogP contribution in [0.2, 0.25) is 5.02 Å². The predicted molar refractivity (Wildman–Crippen MR) is 143 cm³/mol. The third-order valence-electron chi connectivity index (χ3n) is 6.48. The van der Waals surface area contributed by atoms with Crippen molar-refractivity contribution in [3.05, 3.63) is 51.3 Å². The normalized spacial score (nSPS) is 17.1. The van der Waals surface area contributed by atoms with E-state index in [0.717, 1.165) is 0 Å². The fourth-order valence-corrected chi connectivity index (χ4v) is 4.78. The van der Waals surface area contributed by atoms with E-state index < -0.39 is 11.9 Å². The van der Waals surface area contributed by atoms with E-state index in [1.54, 1.807) is 31.3 Å². The Morgan fingerprint density at radius 3 is 2.74 bits per heavy atom. The third-order valence-corrected chi connectivity index (χ3v) is 6.76. The molecule has 1 aromatic carbocycles. The number of carbonyl (C=O) groups excluding carboxylic acids is 1. The molecule has 1 saturated heterocycles. The quantitative estimate of drug-likeness (QED) is 0.412. The highest BCUT2D eigenvalue weighted by atomic mass is 35.5. The third kappa shape index (κ3) is 5.50. The molecule has 12 heteroatoms. The summed E-state index contributed by atoms with van der Waals surface area (Å²) >= 11 is 6.46. The maximum Gasteiger partial charge on any atom is 0.308 e. The molecule has 1 aliphatic rings. The SMILES string of the molecule is CNC(=O)COc1cc2cc(Nc3nc(N4CC(C)C[C@@H](C(=O)O)C4)c(C#N)cc3Cl)ccc2n(C)c1=O. The van der Waals surface area contributed by atoms with Gasteiger partial charge in [-0.15, -0.1) is 0 Å². The van der Waals surface area contributed by atoms with E-state index in [1.165, 1.54) is 17.7 Å². The summed E-state index contributed by atoms with van der Waals surface area (Å²) in [5.74, 6) is -1.00. The summed E-state index contributed by atoms with van der Waals surface area (Å²) < 4.78 is 6.85. The molecule has 0 saturated carbocycles. The fourth-order valence-electron chi connectivity index (χ4n) is 4.58. The molecule has 38 heavy (non-hydrogen) atoms. The number of nitrogens with one attached hydrogen (secondary N) is 2. The average molecular weight is 539 g/mol. The maximum absolute atomic E-state index is 12.6. The summed E-state index contributed by atoms with van der Waals surface area (Å²) in [6.45, 7) is 2.49. The van der Waals surface area contributed by atoms with Crippen molar-refractivity contribution >= 4 is 51.7 Å². The van der Waals surface area contributed by atoms with E-state index in [2.05, 4.69) is 21.7 Å². The van der Waals surface area contributed by atoms with Crippen molar-refractivity contribution in [2.45, 2.75) is 13.3 Å². The van der Waals surface area contributed by atoms with Gasteiger partial charge in [-0.25, -0.2) is 4.98 Å². The number of hydrogen-bond donors (Lipinski definition) is 3. The average Bonchev–Trinajstić information content (AvgIpc) is 2.90. The number of nitriles is 1. The number of carboxylic acid groups (broad SMARTS) is 1. The van der Waals surface area contributed by atoms with Crippen LogP contribution in [0.4, 0.5) is 17.3 Å². The smallest absolute Gasteiger partial charge is 0.308 e. The second-order valence-electron chi connectivity index (χ2n) is 9.32. The summed E-state index contributed by atoms with van der Waals surface area (Å²) in [7, 11) is 3.09. The number of anilines is 3. The number of aromatic nitrogens is 2. The maximum atomic E-state index is 12.6. The van der Waals surface area contributed by atoms with E-state index in [4.69, 9.17) is 16.3 Å². The van der Waals surface area contributed by atoms with Crippen LogP contribution in [0.3, 0.4) is 0 Å². The molecular formula is C26H27ClN6O5. The molecule has 3 N–H and O–H groups in total. The van der Waals surface area contributed by atoms with Crippen LogP contribution in [-0.2, 0) is 16.6 Å². The van der Waals surface area contributed by atoms with Gasteiger partial charge < -0.3 is 29.9 Å². The van der Waals surface area contributed by atoms with Crippen LogP contribution >= 0.6 is 11.6 Å². The Hall–Kier alpha value is -4.30. The highest BCUT2D eigenvalue weighted by Gasteiger charge is 2.31. The van der Waals surface area contributed by atoms with Gasteiger partial charge in [0, 0.05) is 38.3 Å². The summed E-state index contributed by atoms with van der Waals surface area (Å²) in [5, 5.41) is 25.8. The number of piperidine rings is 1. The van der Waals surface area contributed by atoms with E-state index in [1.807, 2.05) is 11.8 Å². The van der Waals surface area contributed by atoms with Crippen LogP contribution in [0.5, 0.6) is 5.75 Å². The van der Waals surface area contributed by atoms with Crippen LogP contribution in [0.15, 0.2) is 35.1 Å². The van der Waals surface area contributed by atoms with Gasteiger partial charge in [-0.05, 0) is 42.7 Å². The molecule has 11 nitrogen and oxygen atoms in total. The minimum absolute atomic E-state index is 0.0322. The molecule has 4 rings (SSSR count). The van der Waals surface area contributed by atoms with Gasteiger partial charge in [0.1, 0.15) is 11.9 Å². The molecule has 0 aliphatic carbocycles. The molecule has 1 unspecified atom stereocenters. The molecule has 0 spiro atoms. The first-order valence-corrected chi connectivity index (χ1v) is 12.3. The Morgan fingerprint density at radius 2 is 2.05 bits per heavy atom. The number of fused-ring (bicyclic) bond motifs is 1. The van der Waals surface area contributed by atoms with Gasteiger partial charge in [-0.2, -0.15) is 5.26 Å². The number of likely N-dealkylation sites (N-methyl/N-ethyl adjacent to an activating group) is 1. The molecule has 0 radical (unpaired) electrons. The Bertz CT molecular complexity index is 1510. The standard InChI is InChI=1S/C26H27ClN6O5/c1-14-6-17(26(36)37)12-33(11-14)24-16(10-28)8-19(27)23(31-24)30-18-4-5-20-15(7-18)9-21(25(35)32(20)3)38-13-22(34)29-2/h4-5,7-9,14,17H,6,11-13H2,1-3H3,(H,29,34)(H,30,31)(H,36,37)/t14?,17-/m1/s1. The Labute approximate surface area is 223 Å². The van der Waals surface area contributed by atoms with Crippen LogP contribution in [0.1, 0.15) is 18.9 Å². The van der Waals surface area contributed by atoms with Gasteiger partial charge in [0.05, 0.1) is 22.0 Å². The summed E-state index contributed by atoms with van der Waals surface area (Å²) in [4.78, 5) is 42.3. The number of aryl methyl sites for hydroxylation is 1. The topological polar surface area (TPSA) is 150 Å². The first-order valence-electron chi connectivity index (χ1n) is 11.9. The van der Waals surface area contributed by atoms with E-state index in [0.29, 0.717) is 41.2 Å². The number of halogens is 1. The second-order valence-corrected chi connectivity index (χ2v) is 9.72. The fraction of sp³-hybridized carbons (Fsp3) is 0.346. The summed E-state index contributed by atoms with van der Waals surface area (Å²) in [5.41, 5.74) is 1.13. The number of nitrogens with zero attached hydrogens (tertiary/aromatic N) is 4. The molecule has 2 aromatic heterocycles. The lowest BCUT2D eigenvalue weighted by Crippen LogP contribution is -2.43. The van der Waals surface area contributed by atoms with Crippen molar-refractivity contribution in [1.82, 2.24) is 14.9 Å². The largest absolute Gasteiger partial charge is 0.481 e. The van der Waals surface area contributed by atoms with Crippen molar-refractivity contribution in [2.75, 3.05) is 37.0 Å². The molecule has 2 atom stereocenters. The number of hydrogen-bond acceptors (Lipinski definition) is 8. The van der Waals surface area contributed by atoms with Gasteiger partial charge in [-0.1, -0.05) is 18.5 Å². The van der Waals surface area contributed by atoms with Crippen molar-refractivity contribution < 1.29 is 19.4 Å². The molecule has 3 aromatic rings. The molecule has 1 fully saturated rings. The lowest BCUT2D eigenvalue weighted by molar-refractivity contribution is -0.142. The number of benzene rings is 1. The van der Waals surface area contributed by atoms with E-state index in [-0.39, 0.29) is 46.9 Å². The van der Waals surface area contributed by atoms with Crippen LogP contribution in [0.25, 0.3) is 10.9 Å². The zero-order valence-corrected chi connectivity index (χ0v) is 21.9. The second kappa shape index (κ2) is 11.0. The molecule has 3 heterocycles. The monoisotopic (exact) mass is 538 g/mol. The number of amides is 1. The van der Waals surface area contributed by atoms with Crippen LogP contribution in [0, 0.1) is 23.2 Å². The molecular weight excluding hydrogens is 512 g/mol. The first-order chi connectivity index (χ1) is 18.1.